The van der Waals surface area contributed by atoms with Gasteiger partial charge in [-0.25, -0.2) is 0 Å². The molecular weight excluding hydrogens is 174 g/mol. The second kappa shape index (κ2) is 4.42. The maximum atomic E-state index is 11.3. The number of pyridine rings is 1. The van der Waals surface area contributed by atoms with Crippen LogP contribution in [-0.4, -0.2) is 4.98 Å². The number of H-pyrrole nitrogens is 1. The van der Waals surface area contributed by atoms with Gasteiger partial charge in [0.25, 0.3) is 5.56 Å². The van der Waals surface area contributed by atoms with E-state index in [1.807, 2.05) is 6.07 Å². The van der Waals surface area contributed by atoms with Crippen molar-refractivity contribution in [3.05, 3.63) is 58.6 Å². The molecular formula is C12H13NO. The van der Waals surface area contributed by atoms with Gasteiger partial charge in [0.15, 0.2) is 0 Å². The molecule has 2 heteroatoms. The first-order valence-electron chi connectivity index (χ1n) is 4.34. The Morgan fingerprint density at radius 3 is 2.71 bits per heavy atom. The second-order valence-electron chi connectivity index (χ2n) is 2.95. The minimum Gasteiger partial charge on any atom is -0.322 e. The number of aromatic amines is 1. The number of hydrogen-bond donors (Lipinski definition) is 1. The van der Waals surface area contributed by atoms with Crippen molar-refractivity contribution in [3.8, 4) is 0 Å². The van der Waals surface area contributed by atoms with Gasteiger partial charge in [-0.1, -0.05) is 31.4 Å². The summed E-state index contributed by atoms with van der Waals surface area (Å²) in [6.07, 6.45) is 6.94. The highest BCUT2D eigenvalue weighted by atomic mass is 16.1. The van der Waals surface area contributed by atoms with Gasteiger partial charge in [0, 0.05) is 11.3 Å². The molecule has 0 unspecified atom stereocenters. The Labute approximate surface area is 83.3 Å². The Kier molecular flexibility index (Phi) is 3.24. The van der Waals surface area contributed by atoms with Gasteiger partial charge in [0.05, 0.1) is 0 Å². The van der Waals surface area contributed by atoms with Crippen LogP contribution < -0.4 is 5.56 Å². The van der Waals surface area contributed by atoms with E-state index in [4.69, 9.17) is 0 Å². The molecule has 0 aliphatic rings. The fourth-order valence-electron chi connectivity index (χ4n) is 1.14. The van der Waals surface area contributed by atoms with Crippen LogP contribution in [0.25, 0.3) is 12.2 Å². The average molecular weight is 187 g/mol. The topological polar surface area (TPSA) is 32.9 Å². The maximum Gasteiger partial charge on any atom is 0.251 e. The predicted molar refractivity (Wildman–Crippen MR) is 61.1 cm³/mol. The Morgan fingerprint density at radius 2 is 2.14 bits per heavy atom. The molecule has 0 spiro atoms. The summed E-state index contributed by atoms with van der Waals surface area (Å²) in [5.41, 5.74) is 2.30. The van der Waals surface area contributed by atoms with Gasteiger partial charge in [-0.2, -0.15) is 0 Å². The minimum absolute atomic E-state index is 0.0701. The van der Waals surface area contributed by atoms with Crippen LogP contribution in [0.1, 0.15) is 16.8 Å². The third-order valence-corrected chi connectivity index (χ3v) is 1.91. The zero-order valence-electron chi connectivity index (χ0n) is 8.21. The molecule has 0 fully saturated rings. The van der Waals surface area contributed by atoms with Crippen LogP contribution in [0.3, 0.4) is 0 Å². The van der Waals surface area contributed by atoms with Gasteiger partial charge < -0.3 is 4.98 Å². The van der Waals surface area contributed by atoms with E-state index in [0.717, 1.165) is 11.3 Å². The summed E-state index contributed by atoms with van der Waals surface area (Å²) in [6, 6.07) is 1.81. The molecule has 2 nitrogen and oxygen atoms in total. The molecule has 1 heterocycles. The fourth-order valence-corrected chi connectivity index (χ4v) is 1.14. The average Bonchev–Trinajstić information content (AvgIpc) is 2.19. The van der Waals surface area contributed by atoms with E-state index in [1.165, 1.54) is 0 Å². The number of nitrogens with one attached hydrogen (secondary N) is 1. The molecule has 0 aromatic carbocycles. The predicted octanol–water partition coefficient (Wildman–Crippen LogP) is 2.53. The van der Waals surface area contributed by atoms with E-state index < -0.39 is 0 Å². The summed E-state index contributed by atoms with van der Waals surface area (Å²) in [4.78, 5) is 14.1. The molecule has 1 N–H and O–H groups in total. The highest BCUT2D eigenvalue weighted by molar-refractivity contribution is 5.62. The lowest BCUT2D eigenvalue weighted by Crippen LogP contribution is -2.11. The van der Waals surface area contributed by atoms with Crippen LogP contribution in [0.2, 0.25) is 0 Å². The lowest BCUT2D eigenvalue weighted by atomic mass is 10.1. The molecule has 1 rings (SSSR count). The maximum absolute atomic E-state index is 11.3. The summed E-state index contributed by atoms with van der Waals surface area (Å²) in [5.74, 6) is 0. The zero-order chi connectivity index (χ0) is 10.6. The third-order valence-electron chi connectivity index (χ3n) is 1.91. The van der Waals surface area contributed by atoms with Crippen molar-refractivity contribution in [2.75, 3.05) is 0 Å². The quantitative estimate of drug-likeness (QED) is 0.725. The lowest BCUT2D eigenvalue weighted by molar-refractivity contribution is 1.15. The number of aryl methyl sites for hydroxylation is 1. The molecule has 0 aliphatic heterocycles. The second-order valence-corrected chi connectivity index (χ2v) is 2.95. The first kappa shape index (κ1) is 10.3. The van der Waals surface area contributed by atoms with Gasteiger partial charge in [-0.15, -0.1) is 0 Å². The zero-order valence-corrected chi connectivity index (χ0v) is 8.21. The molecule has 0 saturated heterocycles. The van der Waals surface area contributed by atoms with Crippen LogP contribution in [0, 0.1) is 6.92 Å². The van der Waals surface area contributed by atoms with E-state index in [2.05, 4.69) is 18.1 Å². The molecule has 14 heavy (non-hydrogen) atoms. The van der Waals surface area contributed by atoms with Crippen LogP contribution in [-0.2, 0) is 0 Å². The summed E-state index contributed by atoms with van der Waals surface area (Å²) >= 11 is 0. The molecule has 0 amide bonds. The standard InChI is InChI=1S/C12H13NO/c1-4-6-7-11-10(5-2)8-9(3)12(14)13-11/h4-8H,1-2H2,3H3,(H,13,14)/b7-6-. The summed E-state index contributed by atoms with van der Waals surface area (Å²) in [7, 11) is 0. The monoisotopic (exact) mass is 187 g/mol. The molecule has 0 atom stereocenters. The highest BCUT2D eigenvalue weighted by Gasteiger charge is 1.99. The summed E-state index contributed by atoms with van der Waals surface area (Å²) < 4.78 is 0. The van der Waals surface area contributed by atoms with Crippen LogP contribution in [0.4, 0.5) is 0 Å². The number of allylic oxidation sites excluding steroid dienone is 2. The molecule has 0 aliphatic carbocycles. The number of aromatic nitrogens is 1. The Morgan fingerprint density at radius 1 is 1.43 bits per heavy atom. The van der Waals surface area contributed by atoms with Crippen molar-refractivity contribution in [3.63, 3.8) is 0 Å². The van der Waals surface area contributed by atoms with Gasteiger partial charge in [0.2, 0.25) is 0 Å². The van der Waals surface area contributed by atoms with Crippen molar-refractivity contribution in [1.82, 2.24) is 4.98 Å². The Balaban J connectivity index is 3.33. The van der Waals surface area contributed by atoms with E-state index in [9.17, 15) is 4.79 Å². The first-order chi connectivity index (χ1) is 6.69. The van der Waals surface area contributed by atoms with Crippen molar-refractivity contribution in [2.24, 2.45) is 0 Å². The van der Waals surface area contributed by atoms with Crippen molar-refractivity contribution in [2.45, 2.75) is 6.92 Å². The summed E-state index contributed by atoms with van der Waals surface area (Å²) in [5, 5.41) is 0. The van der Waals surface area contributed by atoms with Crippen molar-refractivity contribution < 1.29 is 0 Å². The summed E-state index contributed by atoms with van der Waals surface area (Å²) in [6.45, 7) is 9.03. The molecule has 1 aromatic heterocycles. The lowest BCUT2D eigenvalue weighted by Gasteiger charge is -2.01. The SMILES string of the molecule is C=C/C=C\c1[nH]c(=O)c(C)cc1C=C. The Hall–Kier alpha value is -1.83. The van der Waals surface area contributed by atoms with Crippen LogP contribution >= 0.6 is 0 Å². The van der Waals surface area contributed by atoms with Gasteiger partial charge in [-0.05, 0) is 24.6 Å². The van der Waals surface area contributed by atoms with Crippen LogP contribution in [0.5, 0.6) is 0 Å². The van der Waals surface area contributed by atoms with E-state index in [0.29, 0.717) is 5.56 Å². The molecule has 0 bridgehead atoms. The highest BCUT2D eigenvalue weighted by Crippen LogP contribution is 2.08. The van der Waals surface area contributed by atoms with Crippen LogP contribution in [0.15, 0.2) is 36.2 Å². The van der Waals surface area contributed by atoms with E-state index in [1.54, 1.807) is 31.2 Å². The normalized spacial score (nSPS) is 10.4. The van der Waals surface area contributed by atoms with Crippen molar-refractivity contribution >= 4 is 12.2 Å². The Bertz CT molecular complexity index is 438. The van der Waals surface area contributed by atoms with Gasteiger partial charge in [0.1, 0.15) is 0 Å². The van der Waals surface area contributed by atoms with Gasteiger partial charge >= 0.3 is 0 Å². The molecule has 1 aromatic rings. The van der Waals surface area contributed by atoms with E-state index >= 15 is 0 Å². The van der Waals surface area contributed by atoms with Gasteiger partial charge in [-0.3, -0.25) is 4.79 Å². The minimum atomic E-state index is -0.0701. The molecule has 72 valence electrons. The van der Waals surface area contributed by atoms with E-state index in [-0.39, 0.29) is 5.56 Å². The number of rotatable bonds is 3. The number of hydrogen-bond acceptors (Lipinski definition) is 1. The van der Waals surface area contributed by atoms with Crippen molar-refractivity contribution in [1.29, 1.82) is 0 Å². The largest absolute Gasteiger partial charge is 0.322 e. The smallest absolute Gasteiger partial charge is 0.251 e. The first-order valence-corrected chi connectivity index (χ1v) is 4.34. The third kappa shape index (κ3) is 2.10. The fraction of sp³-hybridized carbons (Fsp3) is 0.0833. The molecule has 0 radical (unpaired) electrons. The molecule has 0 saturated carbocycles.